The zero-order chi connectivity index (χ0) is 65.2. The van der Waals surface area contributed by atoms with Crippen molar-refractivity contribution in [3.63, 3.8) is 0 Å². The third-order valence-corrected chi connectivity index (χ3v) is 16.4. The fourth-order valence-electron chi connectivity index (χ4n) is 11.1. The van der Waals surface area contributed by atoms with Gasteiger partial charge in [0.25, 0.3) is 0 Å². The number of benzene rings is 2. The van der Waals surface area contributed by atoms with Crippen LogP contribution >= 0.6 is 0 Å². The number of esters is 4. The van der Waals surface area contributed by atoms with Gasteiger partial charge < -0.3 is 18.9 Å². The molecule has 1 aromatic heterocycles. The zero-order valence-electron chi connectivity index (χ0n) is 55.8. The highest BCUT2D eigenvalue weighted by Gasteiger charge is 2.29. The molecule has 0 saturated carbocycles. The van der Waals surface area contributed by atoms with Gasteiger partial charge in [-0.25, -0.2) is 19.2 Å². The summed E-state index contributed by atoms with van der Waals surface area (Å²) in [6.45, 7) is 32.9. The molecule has 0 aliphatic heterocycles. The van der Waals surface area contributed by atoms with E-state index in [9.17, 15) is 19.2 Å². The van der Waals surface area contributed by atoms with Crippen LogP contribution in [0.15, 0.2) is 249 Å². The maximum atomic E-state index is 12.9. The number of hydrogen-bond acceptors (Lipinski definition) is 9. The number of hydrogen-bond donors (Lipinski definition) is 0. The summed E-state index contributed by atoms with van der Waals surface area (Å²) in [6.07, 6.45) is 50.3. The number of aromatic nitrogens is 1. The van der Waals surface area contributed by atoms with Gasteiger partial charge in [-0.3, -0.25) is 4.98 Å². The lowest BCUT2D eigenvalue weighted by atomic mass is 9.72. The van der Waals surface area contributed by atoms with Crippen LogP contribution in [0.25, 0.3) is 0 Å². The Morgan fingerprint density at radius 2 is 0.843 bits per heavy atom. The Kier molecular flexibility index (Phi) is 28.0. The third-order valence-electron chi connectivity index (χ3n) is 16.4. The lowest BCUT2D eigenvalue weighted by Gasteiger charge is -2.33. The van der Waals surface area contributed by atoms with Crippen LogP contribution in [-0.2, 0) is 14.3 Å². The summed E-state index contributed by atoms with van der Waals surface area (Å²) in [5.74, 6) is -1.97. The predicted octanol–water partition coefficient (Wildman–Crippen LogP) is 20.8. The van der Waals surface area contributed by atoms with E-state index in [1.807, 2.05) is 75.5 Å². The van der Waals surface area contributed by atoms with Gasteiger partial charge in [0, 0.05) is 18.5 Å². The molecule has 0 fully saturated rings. The normalized spacial score (nSPS) is 18.0. The van der Waals surface area contributed by atoms with E-state index in [1.54, 1.807) is 66.9 Å². The quantitative estimate of drug-likeness (QED) is 0.0419. The first kappa shape index (κ1) is 71.3. The summed E-state index contributed by atoms with van der Waals surface area (Å²) in [5, 5.41) is 0. The van der Waals surface area contributed by atoms with Crippen molar-refractivity contribution in [3.05, 3.63) is 266 Å². The molecule has 0 unspecified atom stereocenters. The second-order valence-corrected chi connectivity index (χ2v) is 25.6. The summed E-state index contributed by atoms with van der Waals surface area (Å²) in [7, 11) is 0. The number of allylic oxidation sites excluding steroid dienone is 27. The Balaban J connectivity index is 0.000000338. The highest BCUT2D eigenvalue weighted by atomic mass is 16.6. The van der Waals surface area contributed by atoms with Crippen LogP contribution in [-0.4, -0.2) is 42.1 Å². The van der Waals surface area contributed by atoms with Crippen molar-refractivity contribution in [1.29, 1.82) is 0 Å². The first-order valence-corrected chi connectivity index (χ1v) is 31.3. The first-order chi connectivity index (χ1) is 42.3. The average Bonchev–Trinajstić information content (AvgIpc) is 3.27. The van der Waals surface area contributed by atoms with Crippen LogP contribution in [0.3, 0.4) is 0 Å². The lowest BCUT2D eigenvalue weighted by molar-refractivity contribution is -0.129. The Hall–Kier alpha value is -8.43. The highest BCUT2D eigenvalue weighted by Crippen LogP contribution is 2.43. The molecule has 0 amide bonds. The Morgan fingerprint density at radius 1 is 0.461 bits per heavy atom. The van der Waals surface area contributed by atoms with Crippen LogP contribution < -0.4 is 9.47 Å². The van der Waals surface area contributed by atoms with Crippen molar-refractivity contribution in [2.45, 2.75) is 162 Å². The van der Waals surface area contributed by atoms with Crippen LogP contribution in [0.2, 0.25) is 0 Å². The molecule has 3 aliphatic carbocycles. The van der Waals surface area contributed by atoms with Gasteiger partial charge in [-0.2, -0.15) is 0 Å². The van der Waals surface area contributed by atoms with Gasteiger partial charge >= 0.3 is 23.9 Å². The summed E-state index contributed by atoms with van der Waals surface area (Å²) in [5.41, 5.74) is 16.3. The molecule has 470 valence electrons. The highest BCUT2D eigenvalue weighted by molar-refractivity contribution is 5.96. The molecule has 9 nitrogen and oxygen atoms in total. The van der Waals surface area contributed by atoms with Crippen LogP contribution in [0.4, 0.5) is 0 Å². The van der Waals surface area contributed by atoms with E-state index in [0.717, 1.165) is 22.3 Å². The number of nitrogens with zero attached hydrogens (tertiary/aromatic N) is 1. The number of carbonyl (C=O) groups is 4. The number of carbonyl (C=O) groups excluding carboxylic acids is 4. The molecule has 1 heterocycles. The molecular formula is C80H97NO8. The first-order valence-electron chi connectivity index (χ1n) is 31.3. The van der Waals surface area contributed by atoms with E-state index in [-0.39, 0.29) is 52.1 Å². The molecule has 6 rings (SSSR count). The maximum absolute atomic E-state index is 12.9. The van der Waals surface area contributed by atoms with E-state index in [1.165, 1.54) is 115 Å². The van der Waals surface area contributed by atoms with Gasteiger partial charge in [-0.05, 0) is 207 Å². The van der Waals surface area contributed by atoms with E-state index in [2.05, 4.69) is 137 Å². The monoisotopic (exact) mass is 1200 g/mol. The van der Waals surface area contributed by atoms with Gasteiger partial charge in [0.2, 0.25) is 0 Å². The molecule has 0 radical (unpaired) electrons. The summed E-state index contributed by atoms with van der Waals surface area (Å²) in [4.78, 5) is 54.6. The van der Waals surface area contributed by atoms with Gasteiger partial charge in [-0.1, -0.05) is 202 Å². The van der Waals surface area contributed by atoms with Crippen molar-refractivity contribution in [3.8, 4) is 11.5 Å². The zero-order valence-corrected chi connectivity index (χ0v) is 55.8. The number of pyridine rings is 1. The predicted molar refractivity (Wildman–Crippen MR) is 367 cm³/mol. The van der Waals surface area contributed by atoms with E-state index in [0.29, 0.717) is 5.56 Å². The Morgan fingerprint density at radius 3 is 1.22 bits per heavy atom. The standard InChI is InChI=1S/C47H60O4.C33H37NO4/c1-34(25-27-41-38(5)21-15-30-46(41,7)8)17-13-19-36(3)29-32-50-45(49)40-23-11-12-24-43(40)51-44(48)33-37(4)20-14-18-35(2)26-28-42-39(6)22-16-31-47(42,9)10;1-24(17-18-29-26(3)13-9-20-33(29,4)5)11-8-12-25(2)19-22-37-32(36)28-15-6-7-16-30(28)38-31(35)27-14-10-21-34-23-27/h11-14,17-20,23-29,33H,15-16,21-22,30-32H2,1-10H3;6-8,10-12,14-19,21,23H,9,13,20,22H2,1-5H3/b19-13+,20-14+,27-25+,28-26+,34-17+,35-18+,36-29+,37-33+;12-8+,18-17+,24-11+,25-19+. The van der Waals surface area contributed by atoms with Crippen molar-refractivity contribution in [2.24, 2.45) is 16.2 Å². The van der Waals surface area contributed by atoms with Gasteiger partial charge in [0.15, 0.2) is 0 Å². The van der Waals surface area contributed by atoms with Gasteiger partial charge in [0.1, 0.15) is 35.8 Å². The minimum Gasteiger partial charge on any atom is -0.458 e. The van der Waals surface area contributed by atoms with Crippen LogP contribution in [0, 0.1) is 16.2 Å². The molecule has 89 heavy (non-hydrogen) atoms. The molecular weight excluding hydrogens is 1100 g/mol. The fraction of sp³-hybridized carbons (Fsp3) is 0.362. The lowest BCUT2D eigenvalue weighted by Crippen LogP contribution is -2.19. The van der Waals surface area contributed by atoms with E-state index < -0.39 is 23.9 Å². The van der Waals surface area contributed by atoms with Crippen LogP contribution in [0.1, 0.15) is 193 Å². The topological polar surface area (TPSA) is 118 Å². The van der Waals surface area contributed by atoms with Crippen molar-refractivity contribution in [2.75, 3.05) is 13.2 Å². The molecule has 0 bridgehead atoms. The SMILES string of the molecule is CC1=C(/C=C/C(C)=C/C=C/C(C)=C/COC(=O)c2ccccc2OC(=O)/C=C(C)/C=C/C=C(C)/C=C/C2=C(C)CCCC2(C)C)C(C)(C)CCC1.CC1=C(/C=C/C(C)=C/C=C/C(C)=C/COC(=O)c2ccccc2OC(=O)c2cccnc2)C(C)(C)CCC1. The molecule has 3 aliphatic rings. The second-order valence-electron chi connectivity index (χ2n) is 25.6. The second kappa shape index (κ2) is 34.9. The fourth-order valence-corrected chi connectivity index (χ4v) is 11.1. The number of ether oxygens (including phenoxy) is 4. The van der Waals surface area contributed by atoms with Crippen molar-refractivity contribution < 1.29 is 38.1 Å². The molecule has 2 aromatic carbocycles. The number of rotatable bonds is 22. The average molecular weight is 1200 g/mol. The molecule has 9 heteroatoms. The third kappa shape index (κ3) is 23.9. The van der Waals surface area contributed by atoms with E-state index in [4.69, 9.17) is 18.9 Å². The van der Waals surface area contributed by atoms with Gasteiger partial charge in [-0.15, -0.1) is 0 Å². The molecule has 3 aromatic rings. The minimum atomic E-state index is -0.591. The summed E-state index contributed by atoms with van der Waals surface area (Å²) >= 11 is 0. The largest absolute Gasteiger partial charge is 0.458 e. The van der Waals surface area contributed by atoms with E-state index >= 15 is 0 Å². The minimum absolute atomic E-state index is 0.100. The Bertz CT molecular complexity index is 3490. The van der Waals surface area contributed by atoms with Crippen LogP contribution in [0.5, 0.6) is 11.5 Å². The smallest absolute Gasteiger partial charge is 0.345 e. The van der Waals surface area contributed by atoms with Crippen molar-refractivity contribution >= 4 is 23.9 Å². The number of para-hydroxylation sites is 2. The van der Waals surface area contributed by atoms with Gasteiger partial charge in [0.05, 0.1) is 5.56 Å². The molecule has 0 atom stereocenters. The summed E-state index contributed by atoms with van der Waals surface area (Å²) in [6, 6.07) is 16.4. The maximum Gasteiger partial charge on any atom is 0.345 e. The Labute approximate surface area is 533 Å². The molecule has 0 spiro atoms. The molecule has 0 saturated heterocycles. The molecule has 0 N–H and O–H groups in total. The summed E-state index contributed by atoms with van der Waals surface area (Å²) < 4.78 is 21.9. The van der Waals surface area contributed by atoms with Crippen molar-refractivity contribution in [1.82, 2.24) is 4.98 Å².